The van der Waals surface area contributed by atoms with Gasteiger partial charge in [-0.25, -0.2) is 14.8 Å². The topological polar surface area (TPSA) is 83.5 Å². The number of piperazine rings is 1. The zero-order valence-corrected chi connectivity index (χ0v) is 21.9. The van der Waals surface area contributed by atoms with Gasteiger partial charge in [0.05, 0.1) is 22.2 Å². The molecule has 3 heterocycles. The number of halogens is 6. The summed E-state index contributed by atoms with van der Waals surface area (Å²) in [6.45, 7) is 0.856. The highest BCUT2D eigenvalue weighted by Crippen LogP contribution is 2.36. The van der Waals surface area contributed by atoms with Gasteiger partial charge in [-0.05, 0) is 53.6 Å². The van der Waals surface area contributed by atoms with E-state index in [2.05, 4.69) is 15.3 Å². The van der Waals surface area contributed by atoms with Crippen molar-refractivity contribution in [1.29, 1.82) is 0 Å². The minimum Gasteiger partial charge on any atom is -0.470 e. The quantitative estimate of drug-likeness (QED) is 0.292. The molecule has 4 aromatic rings. The molecule has 0 aliphatic carbocycles. The minimum atomic E-state index is -4.97. The van der Waals surface area contributed by atoms with Crippen molar-refractivity contribution in [2.24, 2.45) is 0 Å². The average molecular weight is 591 g/mol. The summed E-state index contributed by atoms with van der Waals surface area (Å²) in [6.07, 6.45) is -6.64. The van der Waals surface area contributed by atoms with Crippen LogP contribution in [-0.2, 0) is 25.5 Å². The Labute approximate surface area is 236 Å². The lowest BCUT2D eigenvalue weighted by Gasteiger charge is -2.35. The summed E-state index contributed by atoms with van der Waals surface area (Å²) in [6, 6.07) is 11.6. The third-order valence-electron chi connectivity index (χ3n) is 6.60. The first-order chi connectivity index (χ1) is 20.0. The molecule has 1 saturated heterocycles. The normalized spacial score (nSPS) is 14.2. The number of para-hydroxylation sites is 2. The van der Waals surface area contributed by atoms with E-state index >= 15 is 0 Å². The molecule has 0 atom stereocenters. The fourth-order valence-electron chi connectivity index (χ4n) is 4.44. The van der Waals surface area contributed by atoms with Crippen molar-refractivity contribution in [3.63, 3.8) is 0 Å². The summed E-state index contributed by atoms with van der Waals surface area (Å²) < 4.78 is 85.0. The first-order valence-electron chi connectivity index (χ1n) is 12.8. The zero-order valence-electron chi connectivity index (χ0n) is 21.9. The zero-order chi connectivity index (χ0) is 29.9. The largest absolute Gasteiger partial charge is 0.470 e. The first kappa shape index (κ1) is 28.9. The number of hydrogen-bond acceptors (Lipinski definition) is 6. The monoisotopic (exact) mass is 590 g/mol. The lowest BCUT2D eigenvalue weighted by atomic mass is 10.0. The van der Waals surface area contributed by atoms with E-state index in [1.54, 1.807) is 12.4 Å². The van der Waals surface area contributed by atoms with E-state index in [0.29, 0.717) is 48.0 Å². The summed E-state index contributed by atoms with van der Waals surface area (Å²) in [5, 5.41) is 2.43. The molecule has 0 spiro atoms. The molecule has 220 valence electrons. The van der Waals surface area contributed by atoms with Gasteiger partial charge in [-0.2, -0.15) is 26.3 Å². The van der Waals surface area contributed by atoms with E-state index in [1.807, 2.05) is 41.3 Å². The number of nitrogens with one attached hydrogen (secondary N) is 1. The fourth-order valence-corrected chi connectivity index (χ4v) is 4.44. The van der Waals surface area contributed by atoms with Crippen LogP contribution < -0.4 is 15.0 Å². The van der Waals surface area contributed by atoms with Crippen LogP contribution >= 0.6 is 0 Å². The Balaban J connectivity index is 1.26. The molecule has 1 fully saturated rings. The van der Waals surface area contributed by atoms with Crippen molar-refractivity contribution in [1.82, 2.24) is 25.2 Å². The number of nitrogens with zero attached hydrogens (tertiary/aromatic N) is 5. The third-order valence-corrected chi connectivity index (χ3v) is 6.60. The van der Waals surface area contributed by atoms with Gasteiger partial charge in [0.15, 0.2) is 5.82 Å². The Morgan fingerprint density at radius 3 is 2.00 bits per heavy atom. The molecular weight excluding hydrogens is 566 g/mol. The molecule has 2 aromatic carbocycles. The van der Waals surface area contributed by atoms with Gasteiger partial charge in [0, 0.05) is 45.1 Å². The number of ether oxygens (including phenoxy) is 1. The summed E-state index contributed by atoms with van der Waals surface area (Å²) >= 11 is 0. The Morgan fingerprint density at radius 2 is 1.40 bits per heavy atom. The van der Waals surface area contributed by atoms with E-state index in [-0.39, 0.29) is 31.3 Å². The number of alkyl halides is 6. The van der Waals surface area contributed by atoms with Crippen LogP contribution in [0.3, 0.4) is 0 Å². The summed E-state index contributed by atoms with van der Waals surface area (Å²) in [5.41, 5.74) is -1.00. The van der Waals surface area contributed by atoms with Crippen LogP contribution in [0.15, 0.2) is 67.0 Å². The van der Waals surface area contributed by atoms with Crippen LogP contribution in [0.5, 0.6) is 5.88 Å². The standard InChI is InChI=1S/C28H24F6N6O2/c29-27(30,31)20-13-19(14-21(15-20)28(32,33)34)16-36-26(41)40-11-9-39(10-12-40)24-25(42-17-18-5-7-35-8-6-18)38-23-4-2-1-3-22(23)37-24/h1-8,13-15H,9-12,16-17H2,(H,36,41). The Morgan fingerprint density at radius 1 is 0.810 bits per heavy atom. The number of fused-ring (bicyclic) bond motifs is 1. The predicted octanol–water partition coefficient (Wildman–Crippen LogP) is 5.67. The van der Waals surface area contributed by atoms with Crippen LogP contribution in [0.4, 0.5) is 37.0 Å². The minimum absolute atomic E-state index is 0.0509. The maximum Gasteiger partial charge on any atom is 0.416 e. The molecule has 0 unspecified atom stereocenters. The molecule has 1 aliphatic heterocycles. The van der Waals surface area contributed by atoms with Crippen molar-refractivity contribution in [3.05, 3.63) is 89.2 Å². The van der Waals surface area contributed by atoms with Gasteiger partial charge in [-0.15, -0.1) is 0 Å². The fraction of sp³-hybridized carbons (Fsp3) is 0.286. The molecule has 5 rings (SSSR count). The van der Waals surface area contributed by atoms with Gasteiger partial charge in [0.2, 0.25) is 0 Å². The number of hydrogen-bond donors (Lipinski definition) is 1. The van der Waals surface area contributed by atoms with Crippen LogP contribution in [0, 0.1) is 0 Å². The average Bonchev–Trinajstić information content (AvgIpc) is 2.98. The summed E-state index contributed by atoms with van der Waals surface area (Å²) in [7, 11) is 0. The molecule has 0 saturated carbocycles. The van der Waals surface area contributed by atoms with E-state index in [1.165, 1.54) is 4.90 Å². The molecule has 1 aliphatic rings. The second-order valence-corrected chi connectivity index (χ2v) is 9.53. The van der Waals surface area contributed by atoms with E-state index in [0.717, 1.165) is 5.56 Å². The SMILES string of the molecule is O=C(NCc1cc(C(F)(F)F)cc(C(F)(F)F)c1)N1CCN(c2nc3ccccc3nc2OCc2ccncc2)CC1. The molecule has 2 aromatic heterocycles. The van der Waals surface area contributed by atoms with Crippen molar-refractivity contribution in [2.45, 2.75) is 25.5 Å². The summed E-state index contributed by atoms with van der Waals surface area (Å²) in [5.74, 6) is 0.805. The van der Waals surface area contributed by atoms with Gasteiger partial charge in [-0.1, -0.05) is 12.1 Å². The molecule has 0 bridgehead atoms. The molecular formula is C28H24F6N6O2. The van der Waals surface area contributed by atoms with Gasteiger partial charge in [0.25, 0.3) is 5.88 Å². The molecule has 1 N–H and O–H groups in total. The van der Waals surface area contributed by atoms with Crippen LogP contribution in [0.1, 0.15) is 22.3 Å². The van der Waals surface area contributed by atoms with Crippen molar-refractivity contribution < 1.29 is 35.9 Å². The Hall–Kier alpha value is -4.62. The molecule has 14 heteroatoms. The predicted molar refractivity (Wildman–Crippen MR) is 141 cm³/mol. The third kappa shape index (κ3) is 6.81. The van der Waals surface area contributed by atoms with Crippen molar-refractivity contribution >= 4 is 22.9 Å². The Bertz CT molecular complexity index is 1520. The highest BCUT2D eigenvalue weighted by atomic mass is 19.4. The number of urea groups is 1. The van der Waals surface area contributed by atoms with Crippen LogP contribution in [-0.4, -0.2) is 52.1 Å². The van der Waals surface area contributed by atoms with E-state index < -0.39 is 36.1 Å². The number of rotatable bonds is 6. The van der Waals surface area contributed by atoms with Crippen LogP contribution in [0.2, 0.25) is 0 Å². The van der Waals surface area contributed by atoms with Crippen LogP contribution in [0.25, 0.3) is 11.0 Å². The Kier molecular flexibility index (Phi) is 8.05. The highest BCUT2D eigenvalue weighted by Gasteiger charge is 2.37. The summed E-state index contributed by atoms with van der Waals surface area (Å²) in [4.78, 5) is 29.5. The lowest BCUT2D eigenvalue weighted by molar-refractivity contribution is -0.143. The molecule has 8 nitrogen and oxygen atoms in total. The highest BCUT2D eigenvalue weighted by molar-refractivity contribution is 5.78. The number of amides is 2. The van der Waals surface area contributed by atoms with Gasteiger partial charge < -0.3 is 19.9 Å². The maximum absolute atomic E-state index is 13.2. The first-order valence-corrected chi connectivity index (χ1v) is 12.8. The lowest BCUT2D eigenvalue weighted by Crippen LogP contribution is -2.52. The number of pyridine rings is 1. The number of anilines is 1. The van der Waals surface area contributed by atoms with E-state index in [9.17, 15) is 31.1 Å². The maximum atomic E-state index is 13.2. The number of carbonyl (C=O) groups excluding carboxylic acids is 1. The van der Waals surface area contributed by atoms with Gasteiger partial charge in [-0.3, -0.25) is 4.98 Å². The van der Waals surface area contributed by atoms with Crippen molar-refractivity contribution in [3.8, 4) is 5.88 Å². The molecule has 0 radical (unpaired) electrons. The molecule has 42 heavy (non-hydrogen) atoms. The smallest absolute Gasteiger partial charge is 0.416 e. The second-order valence-electron chi connectivity index (χ2n) is 9.53. The van der Waals surface area contributed by atoms with Gasteiger partial charge >= 0.3 is 18.4 Å². The van der Waals surface area contributed by atoms with E-state index in [4.69, 9.17) is 9.72 Å². The number of carbonyl (C=O) groups is 1. The number of benzene rings is 2. The molecule has 2 amide bonds. The van der Waals surface area contributed by atoms with Gasteiger partial charge in [0.1, 0.15) is 6.61 Å². The van der Waals surface area contributed by atoms with Crippen molar-refractivity contribution in [2.75, 3.05) is 31.1 Å². The second kappa shape index (κ2) is 11.7. The number of aromatic nitrogens is 3.